The van der Waals surface area contributed by atoms with Crippen LogP contribution in [-0.2, 0) is 19.1 Å². The molecule has 0 atom stereocenters. The Labute approximate surface area is 202 Å². The third-order valence-corrected chi connectivity index (χ3v) is 5.86. The predicted octanol–water partition coefficient (Wildman–Crippen LogP) is 3.38. The Hall–Kier alpha value is -4.34. The fourth-order valence-corrected chi connectivity index (χ4v) is 3.84. The molecule has 178 valence electrons. The Morgan fingerprint density at radius 1 is 1.06 bits per heavy atom. The summed E-state index contributed by atoms with van der Waals surface area (Å²) < 4.78 is 5.27. The first-order valence-corrected chi connectivity index (χ1v) is 11.3. The van der Waals surface area contributed by atoms with Gasteiger partial charge < -0.3 is 5.32 Å². The van der Waals surface area contributed by atoms with Gasteiger partial charge in [-0.2, -0.15) is 10.2 Å². The van der Waals surface area contributed by atoms with Crippen molar-refractivity contribution in [2.45, 2.75) is 39.8 Å². The maximum atomic E-state index is 12.6. The molecule has 0 bridgehead atoms. The molecule has 0 unspecified atom stereocenters. The summed E-state index contributed by atoms with van der Waals surface area (Å²) in [7, 11) is 1.88. The summed E-state index contributed by atoms with van der Waals surface area (Å²) in [4.78, 5) is 17.5. The number of aromatic nitrogens is 8. The Balaban J connectivity index is 1.39. The molecule has 4 aromatic heterocycles. The maximum Gasteiger partial charge on any atom is 0.273 e. The van der Waals surface area contributed by atoms with E-state index in [0.29, 0.717) is 12.2 Å². The van der Waals surface area contributed by atoms with E-state index in [0.717, 1.165) is 39.2 Å². The predicted molar refractivity (Wildman–Crippen MR) is 132 cm³/mol. The van der Waals surface area contributed by atoms with Gasteiger partial charge in [-0.15, -0.1) is 5.10 Å². The van der Waals surface area contributed by atoms with Gasteiger partial charge in [-0.1, -0.05) is 17.3 Å². The molecule has 0 saturated carbocycles. The molecule has 5 rings (SSSR count). The SMILES string of the molecule is Cc1cc(-c2nc(-c3cnn(C)c3)cn3nccc23)ccc1CNC(=O)c1cn(C(C)(C)C)nn1. The molecule has 1 N–H and O–H groups in total. The number of carbonyl (C=O) groups is 1. The van der Waals surface area contributed by atoms with E-state index in [9.17, 15) is 4.79 Å². The number of hydrogen-bond acceptors (Lipinski definition) is 6. The van der Waals surface area contributed by atoms with Crippen LogP contribution in [0.4, 0.5) is 0 Å². The summed E-state index contributed by atoms with van der Waals surface area (Å²) in [5.41, 5.74) is 6.57. The minimum absolute atomic E-state index is 0.235. The van der Waals surface area contributed by atoms with E-state index in [-0.39, 0.29) is 11.4 Å². The van der Waals surface area contributed by atoms with E-state index in [1.165, 1.54) is 0 Å². The second-order valence-corrected chi connectivity index (χ2v) is 9.58. The van der Waals surface area contributed by atoms with Crippen LogP contribution in [0.15, 0.2) is 55.2 Å². The van der Waals surface area contributed by atoms with Crippen LogP contribution in [0.2, 0.25) is 0 Å². The van der Waals surface area contributed by atoms with Crippen molar-refractivity contribution in [3.63, 3.8) is 0 Å². The lowest BCUT2D eigenvalue weighted by molar-refractivity contribution is 0.0945. The van der Waals surface area contributed by atoms with E-state index in [1.807, 2.05) is 69.9 Å². The molecule has 10 heteroatoms. The fourth-order valence-electron chi connectivity index (χ4n) is 3.84. The Morgan fingerprint density at radius 3 is 2.57 bits per heavy atom. The summed E-state index contributed by atoms with van der Waals surface area (Å²) >= 11 is 0. The number of carbonyl (C=O) groups excluding carboxylic acids is 1. The first-order chi connectivity index (χ1) is 16.7. The van der Waals surface area contributed by atoms with E-state index < -0.39 is 0 Å². The molecule has 4 heterocycles. The second kappa shape index (κ2) is 8.46. The Bertz CT molecular complexity index is 1530. The summed E-state index contributed by atoms with van der Waals surface area (Å²) in [6.07, 6.45) is 9.06. The summed E-state index contributed by atoms with van der Waals surface area (Å²) in [6.45, 7) is 8.44. The van der Waals surface area contributed by atoms with Crippen molar-refractivity contribution in [1.29, 1.82) is 0 Å². The molecule has 1 aromatic carbocycles. The molecule has 35 heavy (non-hydrogen) atoms. The highest BCUT2D eigenvalue weighted by Gasteiger charge is 2.18. The lowest BCUT2D eigenvalue weighted by Gasteiger charge is -2.17. The van der Waals surface area contributed by atoms with Gasteiger partial charge in [0.2, 0.25) is 0 Å². The number of amides is 1. The average Bonchev–Trinajstić information content (AvgIpc) is 3.57. The van der Waals surface area contributed by atoms with Crippen molar-refractivity contribution in [3.05, 3.63) is 72.1 Å². The molecule has 1 amide bonds. The monoisotopic (exact) mass is 469 g/mol. The number of aryl methyl sites for hydroxylation is 2. The van der Waals surface area contributed by atoms with Gasteiger partial charge in [-0.25, -0.2) is 14.2 Å². The van der Waals surface area contributed by atoms with E-state index in [1.54, 1.807) is 28.0 Å². The van der Waals surface area contributed by atoms with Crippen LogP contribution in [0.1, 0.15) is 42.4 Å². The van der Waals surface area contributed by atoms with Crippen molar-refractivity contribution in [2.75, 3.05) is 0 Å². The van der Waals surface area contributed by atoms with Crippen LogP contribution < -0.4 is 5.32 Å². The zero-order valence-electron chi connectivity index (χ0n) is 20.4. The van der Waals surface area contributed by atoms with E-state index in [2.05, 4.69) is 31.9 Å². The number of fused-ring (bicyclic) bond motifs is 1. The van der Waals surface area contributed by atoms with Crippen LogP contribution >= 0.6 is 0 Å². The molecule has 0 aliphatic heterocycles. The van der Waals surface area contributed by atoms with Gasteiger partial charge in [-0.3, -0.25) is 9.48 Å². The maximum absolute atomic E-state index is 12.6. The molecule has 0 saturated heterocycles. The first-order valence-electron chi connectivity index (χ1n) is 11.3. The molecule has 0 aliphatic rings. The van der Waals surface area contributed by atoms with Crippen LogP contribution in [-0.4, -0.2) is 45.3 Å². The molecule has 5 aromatic rings. The third kappa shape index (κ3) is 4.42. The summed E-state index contributed by atoms with van der Waals surface area (Å²) in [5, 5.41) is 19.7. The zero-order chi connectivity index (χ0) is 24.7. The second-order valence-electron chi connectivity index (χ2n) is 9.58. The fraction of sp³-hybridized carbons (Fsp3) is 0.280. The molecule has 10 nitrogen and oxygen atoms in total. The Morgan fingerprint density at radius 2 is 1.89 bits per heavy atom. The van der Waals surface area contributed by atoms with Gasteiger partial charge in [0.05, 0.1) is 47.2 Å². The zero-order valence-corrected chi connectivity index (χ0v) is 20.4. The quantitative estimate of drug-likeness (QED) is 0.423. The molecule has 0 fully saturated rings. The van der Waals surface area contributed by atoms with Crippen LogP contribution in [0.5, 0.6) is 0 Å². The van der Waals surface area contributed by atoms with Gasteiger partial charge in [-0.05, 0) is 51.0 Å². The van der Waals surface area contributed by atoms with Crippen LogP contribution in [0, 0.1) is 6.92 Å². The van der Waals surface area contributed by atoms with Gasteiger partial charge in [0.15, 0.2) is 5.69 Å². The number of nitrogens with one attached hydrogen (secondary N) is 1. The number of hydrogen-bond donors (Lipinski definition) is 1. The van der Waals surface area contributed by atoms with Crippen molar-refractivity contribution in [1.82, 2.24) is 44.7 Å². The van der Waals surface area contributed by atoms with Crippen molar-refractivity contribution in [2.24, 2.45) is 7.05 Å². The summed E-state index contributed by atoms with van der Waals surface area (Å²) in [5.74, 6) is -0.254. The largest absolute Gasteiger partial charge is 0.347 e. The molecule has 0 aliphatic carbocycles. The van der Waals surface area contributed by atoms with Crippen LogP contribution in [0.25, 0.3) is 28.0 Å². The number of rotatable bonds is 5. The highest BCUT2D eigenvalue weighted by Crippen LogP contribution is 2.28. The van der Waals surface area contributed by atoms with E-state index >= 15 is 0 Å². The molecule has 0 spiro atoms. The smallest absolute Gasteiger partial charge is 0.273 e. The Kier molecular flexibility index (Phi) is 5.43. The standard InChI is InChI=1S/C25H27N9O/c1-16-10-17(6-7-18(16)11-26-24(35)21-15-34(31-30-21)25(2,3)4)23-22-8-9-27-33(22)14-20(29-23)19-12-28-32(5)13-19/h6-10,12-15H,11H2,1-5H3,(H,26,35). The van der Waals surface area contributed by atoms with Crippen LogP contribution in [0.3, 0.4) is 0 Å². The summed E-state index contributed by atoms with van der Waals surface area (Å²) in [6, 6.07) is 8.07. The van der Waals surface area contributed by atoms with E-state index in [4.69, 9.17) is 4.98 Å². The molecular weight excluding hydrogens is 442 g/mol. The van der Waals surface area contributed by atoms with Gasteiger partial charge >= 0.3 is 0 Å². The molecular formula is C25H27N9O. The minimum atomic E-state index is -0.254. The minimum Gasteiger partial charge on any atom is -0.347 e. The van der Waals surface area contributed by atoms with Gasteiger partial charge in [0, 0.05) is 30.9 Å². The van der Waals surface area contributed by atoms with Gasteiger partial charge in [0.1, 0.15) is 0 Å². The topological polar surface area (TPSA) is 108 Å². The first kappa shape index (κ1) is 22.5. The number of nitrogens with zero attached hydrogens (tertiary/aromatic N) is 8. The number of benzene rings is 1. The highest BCUT2D eigenvalue weighted by molar-refractivity contribution is 5.91. The normalized spacial score (nSPS) is 11.8. The van der Waals surface area contributed by atoms with Crippen molar-refractivity contribution in [3.8, 4) is 22.5 Å². The lowest BCUT2D eigenvalue weighted by Crippen LogP contribution is -2.24. The van der Waals surface area contributed by atoms with Gasteiger partial charge in [0.25, 0.3) is 5.91 Å². The lowest BCUT2D eigenvalue weighted by atomic mass is 10.0. The van der Waals surface area contributed by atoms with Crippen molar-refractivity contribution < 1.29 is 4.79 Å². The highest BCUT2D eigenvalue weighted by atomic mass is 16.2. The average molecular weight is 470 g/mol. The molecule has 0 radical (unpaired) electrons. The third-order valence-electron chi connectivity index (χ3n) is 5.86. The van der Waals surface area contributed by atoms with Crippen molar-refractivity contribution >= 4 is 11.4 Å².